The number of ether oxygens (including phenoxy) is 1. The fourth-order valence-corrected chi connectivity index (χ4v) is 12.6. The lowest BCUT2D eigenvalue weighted by molar-refractivity contribution is -0.275. The van der Waals surface area contributed by atoms with Crippen molar-refractivity contribution < 1.29 is 22.3 Å². The second-order valence-electron chi connectivity index (χ2n) is 11.6. The van der Waals surface area contributed by atoms with E-state index >= 15 is 0 Å². The summed E-state index contributed by atoms with van der Waals surface area (Å²) >= 11 is 0. The lowest BCUT2D eigenvalue weighted by atomic mass is 9.73. The van der Waals surface area contributed by atoms with Crippen LogP contribution in [0, 0.1) is 23.6 Å². The minimum atomic E-state index is -4.87. The highest BCUT2D eigenvalue weighted by molar-refractivity contribution is 6.92. The first-order chi connectivity index (χ1) is 17.8. The summed E-state index contributed by atoms with van der Waals surface area (Å²) in [7, 11) is -1.33. The summed E-state index contributed by atoms with van der Waals surface area (Å²) < 4.78 is 54.6. The van der Waals surface area contributed by atoms with Crippen LogP contribution in [0.1, 0.15) is 76.7 Å². The molecule has 0 unspecified atom stereocenters. The zero-order chi connectivity index (χ0) is 26.3. The summed E-state index contributed by atoms with van der Waals surface area (Å²) in [5.41, 5.74) is 0.728. The number of halogens is 4. The van der Waals surface area contributed by atoms with Crippen LogP contribution in [0.4, 0.5) is 17.6 Å². The molecule has 2 fully saturated rings. The molecule has 0 aromatic heterocycles. The van der Waals surface area contributed by atoms with Crippen molar-refractivity contribution in [1.29, 1.82) is 0 Å². The summed E-state index contributed by atoms with van der Waals surface area (Å²) in [4.78, 5) is 0. The van der Waals surface area contributed by atoms with Gasteiger partial charge in [0.05, 0.1) is 8.07 Å². The summed E-state index contributed by atoms with van der Waals surface area (Å²) in [6.45, 7) is 2.35. The molecule has 2 aromatic rings. The molecule has 204 valence electrons. The highest BCUT2D eigenvalue weighted by atomic mass is 28.3. The Kier molecular flexibility index (Phi) is 9.77. The SMILES string of the molecule is CCC[Si]1(c2ccccc2)CCC([C@H]2CC[C@H](CCCCc3ccc(OC(F)(F)F)c(F)c3)CC2)CC1. The number of hydrogen-bond acceptors (Lipinski definition) is 1. The van der Waals surface area contributed by atoms with Gasteiger partial charge in [-0.3, -0.25) is 0 Å². The van der Waals surface area contributed by atoms with E-state index in [4.69, 9.17) is 0 Å². The van der Waals surface area contributed by atoms with Gasteiger partial charge in [0, 0.05) is 0 Å². The number of unbranched alkanes of at least 4 members (excludes halogenated alkanes) is 1. The molecule has 1 saturated heterocycles. The van der Waals surface area contributed by atoms with Gasteiger partial charge in [0.25, 0.3) is 0 Å². The van der Waals surface area contributed by atoms with Crippen molar-refractivity contribution in [2.75, 3.05) is 0 Å². The molecule has 0 bridgehead atoms. The Morgan fingerprint density at radius 2 is 1.54 bits per heavy atom. The van der Waals surface area contributed by atoms with E-state index in [-0.39, 0.29) is 0 Å². The molecular formula is C31H42F4OSi. The Bertz CT molecular complexity index is 961. The molecule has 2 aromatic carbocycles. The van der Waals surface area contributed by atoms with E-state index in [1.807, 2.05) is 0 Å². The van der Waals surface area contributed by atoms with Crippen LogP contribution in [0.2, 0.25) is 18.1 Å². The first-order valence-corrected chi connectivity index (χ1v) is 17.0. The highest BCUT2D eigenvalue weighted by Gasteiger charge is 2.40. The van der Waals surface area contributed by atoms with Crippen LogP contribution in [0.25, 0.3) is 0 Å². The van der Waals surface area contributed by atoms with E-state index in [2.05, 4.69) is 42.0 Å². The van der Waals surface area contributed by atoms with Gasteiger partial charge in [-0.2, -0.15) is 0 Å². The van der Waals surface area contributed by atoms with Crippen molar-refractivity contribution in [1.82, 2.24) is 0 Å². The van der Waals surface area contributed by atoms with Gasteiger partial charge in [-0.05, 0) is 61.1 Å². The van der Waals surface area contributed by atoms with Gasteiger partial charge in [-0.15, -0.1) is 13.2 Å². The van der Waals surface area contributed by atoms with E-state index in [0.29, 0.717) is 6.42 Å². The largest absolute Gasteiger partial charge is 0.573 e. The van der Waals surface area contributed by atoms with E-state index in [0.717, 1.165) is 42.2 Å². The van der Waals surface area contributed by atoms with Crippen LogP contribution in [0.15, 0.2) is 48.5 Å². The van der Waals surface area contributed by atoms with E-state index in [9.17, 15) is 17.6 Å². The van der Waals surface area contributed by atoms with Crippen LogP contribution in [-0.2, 0) is 6.42 Å². The lowest BCUT2D eigenvalue weighted by Gasteiger charge is -2.43. The average molecular weight is 535 g/mol. The average Bonchev–Trinajstić information content (AvgIpc) is 2.89. The van der Waals surface area contributed by atoms with Gasteiger partial charge in [0.2, 0.25) is 0 Å². The number of hydrogen-bond donors (Lipinski definition) is 0. The molecule has 2 aliphatic rings. The third-order valence-electron chi connectivity index (χ3n) is 9.21. The minimum Gasteiger partial charge on any atom is -0.403 e. The smallest absolute Gasteiger partial charge is 0.403 e. The van der Waals surface area contributed by atoms with Crippen molar-refractivity contribution in [3.05, 3.63) is 59.9 Å². The monoisotopic (exact) mass is 534 g/mol. The van der Waals surface area contributed by atoms with E-state index < -0.39 is 26.0 Å². The molecule has 0 radical (unpaired) electrons. The Labute approximate surface area is 221 Å². The Hall–Kier alpha value is -1.82. The van der Waals surface area contributed by atoms with Gasteiger partial charge in [-0.25, -0.2) is 4.39 Å². The van der Waals surface area contributed by atoms with Gasteiger partial charge in [0.1, 0.15) is 0 Å². The molecule has 1 heterocycles. The summed E-state index contributed by atoms with van der Waals surface area (Å²) in [5, 5.41) is 1.69. The van der Waals surface area contributed by atoms with Gasteiger partial charge in [0.15, 0.2) is 11.6 Å². The summed E-state index contributed by atoms with van der Waals surface area (Å²) in [6.07, 6.45) is 8.61. The van der Waals surface area contributed by atoms with Crippen LogP contribution in [0.5, 0.6) is 5.75 Å². The fourth-order valence-electron chi connectivity index (χ4n) is 7.24. The van der Waals surface area contributed by atoms with E-state index in [1.54, 1.807) is 5.19 Å². The quantitative estimate of drug-likeness (QED) is 0.168. The van der Waals surface area contributed by atoms with Crippen LogP contribution >= 0.6 is 0 Å². The fraction of sp³-hybridized carbons (Fsp3) is 0.613. The Morgan fingerprint density at radius 3 is 2.16 bits per heavy atom. The van der Waals surface area contributed by atoms with Crippen molar-refractivity contribution in [2.24, 2.45) is 17.8 Å². The number of alkyl halides is 3. The molecule has 0 atom stereocenters. The third-order valence-corrected chi connectivity index (χ3v) is 14.7. The van der Waals surface area contributed by atoms with Crippen molar-refractivity contribution in [3.63, 3.8) is 0 Å². The summed E-state index contributed by atoms with van der Waals surface area (Å²) in [6, 6.07) is 19.6. The topological polar surface area (TPSA) is 9.23 Å². The second-order valence-corrected chi connectivity index (χ2v) is 16.2. The standard InChI is InChI=1S/C31H42F4OSi/c1-2-20-37(28-10-4-3-5-11-28)21-18-27(19-22-37)26-15-12-24(13-16-26)8-6-7-9-25-14-17-30(29(32)23-25)36-31(33,34)35/h3-5,10-11,14,17,23-24,26-27H,2,6-9,12-13,15-16,18-22H2,1H3/t24-,26-,27?,37?. The molecule has 0 amide bonds. The van der Waals surface area contributed by atoms with Crippen LogP contribution in [-0.4, -0.2) is 14.4 Å². The third kappa shape index (κ3) is 7.84. The Balaban J connectivity index is 1.16. The zero-order valence-electron chi connectivity index (χ0n) is 22.2. The first-order valence-electron chi connectivity index (χ1n) is 14.4. The van der Waals surface area contributed by atoms with Crippen molar-refractivity contribution >= 4 is 13.3 Å². The number of aryl methyl sites for hydroxylation is 1. The second kappa shape index (κ2) is 12.8. The normalized spacial score (nSPS) is 26.7. The molecule has 1 saturated carbocycles. The molecule has 37 heavy (non-hydrogen) atoms. The molecule has 1 nitrogen and oxygen atoms in total. The van der Waals surface area contributed by atoms with E-state index in [1.165, 1.54) is 81.6 Å². The predicted molar refractivity (Wildman–Crippen MR) is 145 cm³/mol. The lowest BCUT2D eigenvalue weighted by Crippen LogP contribution is -2.50. The molecule has 1 aliphatic carbocycles. The maximum Gasteiger partial charge on any atom is 0.573 e. The molecule has 6 heteroatoms. The first kappa shape index (κ1) is 28.2. The highest BCUT2D eigenvalue weighted by Crippen LogP contribution is 2.44. The van der Waals surface area contributed by atoms with Crippen LogP contribution in [0.3, 0.4) is 0 Å². The molecule has 0 N–H and O–H groups in total. The van der Waals surface area contributed by atoms with Gasteiger partial charge >= 0.3 is 6.36 Å². The molecule has 0 spiro atoms. The van der Waals surface area contributed by atoms with Crippen molar-refractivity contribution in [3.8, 4) is 5.75 Å². The molecule has 4 rings (SSSR count). The number of rotatable bonds is 10. The van der Waals surface area contributed by atoms with Gasteiger partial charge < -0.3 is 4.74 Å². The minimum absolute atomic E-state index is 0.686. The maximum atomic E-state index is 13.9. The zero-order valence-corrected chi connectivity index (χ0v) is 23.2. The maximum absolute atomic E-state index is 13.9. The number of benzene rings is 2. The molecule has 1 aliphatic heterocycles. The summed E-state index contributed by atoms with van der Waals surface area (Å²) in [5.74, 6) is 0.901. The Morgan fingerprint density at radius 1 is 0.865 bits per heavy atom. The van der Waals surface area contributed by atoms with Crippen LogP contribution < -0.4 is 9.92 Å². The van der Waals surface area contributed by atoms with Crippen molar-refractivity contribution in [2.45, 2.75) is 102 Å². The predicted octanol–water partition coefficient (Wildman–Crippen LogP) is 9.42. The molecular weight excluding hydrogens is 492 g/mol. The van der Waals surface area contributed by atoms with Gasteiger partial charge in [-0.1, -0.05) is 112 Å².